The normalized spacial score (nSPS) is 30.2. The molecule has 0 saturated carbocycles. The molecule has 9 heavy (non-hydrogen) atoms. The third kappa shape index (κ3) is 0.675. The maximum absolute atomic E-state index is 4.03. The summed E-state index contributed by atoms with van der Waals surface area (Å²) in [5, 5.41) is 3.05. The van der Waals surface area contributed by atoms with Crippen LogP contribution in [0.2, 0.25) is 0 Å². The van der Waals surface area contributed by atoms with Gasteiger partial charge in [0, 0.05) is 6.21 Å². The van der Waals surface area contributed by atoms with Crippen molar-refractivity contribution in [3.05, 3.63) is 0 Å². The molecule has 0 amide bonds. The Labute approximate surface area is 52.4 Å². The molecule has 2 heterocycles. The van der Waals surface area contributed by atoms with E-state index in [1.807, 2.05) is 0 Å². The number of aliphatic imine (C=N–C) groups is 3. The minimum atomic E-state index is 0.0856. The van der Waals surface area contributed by atoms with Crippen LogP contribution in [0.25, 0.3) is 0 Å². The van der Waals surface area contributed by atoms with E-state index in [9.17, 15) is 0 Å². The summed E-state index contributed by atoms with van der Waals surface area (Å²) in [5.74, 6) is 0. The molecule has 1 N–H and O–H groups in total. The van der Waals surface area contributed by atoms with Crippen LogP contribution in [0.4, 0.5) is 0 Å². The second-order valence-electron chi connectivity index (χ2n) is 1.89. The van der Waals surface area contributed by atoms with Gasteiger partial charge in [0.05, 0.1) is 12.4 Å². The molecular weight excluding hydrogens is 116 g/mol. The predicted molar refractivity (Wildman–Crippen MR) is 36.2 cm³/mol. The molecule has 4 heteroatoms. The third-order valence-electron chi connectivity index (χ3n) is 1.30. The highest BCUT2D eigenvalue weighted by molar-refractivity contribution is 6.35. The van der Waals surface area contributed by atoms with Gasteiger partial charge in [0.25, 0.3) is 0 Å². The van der Waals surface area contributed by atoms with Gasteiger partial charge in [-0.05, 0) is 0 Å². The standard InChI is InChI=1S/C5H6N4/c1-4-5(8-2-6-1)9-3-7-4/h1,3,5,8H,2H2. The quantitative estimate of drug-likeness (QED) is 0.459. The van der Waals surface area contributed by atoms with Crippen molar-refractivity contribution in [1.29, 1.82) is 0 Å². The summed E-state index contributed by atoms with van der Waals surface area (Å²) in [6, 6.07) is 0. The molecule has 0 aromatic carbocycles. The fourth-order valence-electron chi connectivity index (χ4n) is 0.853. The van der Waals surface area contributed by atoms with Crippen molar-refractivity contribution in [2.75, 3.05) is 6.67 Å². The molecule has 0 radical (unpaired) electrons. The van der Waals surface area contributed by atoms with Gasteiger partial charge in [-0.15, -0.1) is 0 Å². The lowest BCUT2D eigenvalue weighted by Crippen LogP contribution is -2.37. The van der Waals surface area contributed by atoms with E-state index in [4.69, 9.17) is 0 Å². The number of rotatable bonds is 0. The van der Waals surface area contributed by atoms with Crippen LogP contribution in [0.5, 0.6) is 0 Å². The van der Waals surface area contributed by atoms with Crippen molar-refractivity contribution in [2.24, 2.45) is 15.0 Å². The van der Waals surface area contributed by atoms with E-state index in [0.717, 1.165) is 5.71 Å². The average Bonchev–Trinajstić information content (AvgIpc) is 2.33. The van der Waals surface area contributed by atoms with Gasteiger partial charge in [0.1, 0.15) is 12.5 Å². The summed E-state index contributed by atoms with van der Waals surface area (Å²) in [5.41, 5.74) is 0.918. The van der Waals surface area contributed by atoms with Gasteiger partial charge in [-0.3, -0.25) is 10.3 Å². The molecule has 2 aliphatic rings. The molecule has 0 aromatic rings. The van der Waals surface area contributed by atoms with E-state index in [1.165, 1.54) is 0 Å². The van der Waals surface area contributed by atoms with Crippen LogP contribution < -0.4 is 5.32 Å². The van der Waals surface area contributed by atoms with E-state index < -0.39 is 0 Å². The van der Waals surface area contributed by atoms with Crippen molar-refractivity contribution in [3.8, 4) is 0 Å². The SMILES string of the molecule is C1=NCNC2N=CN=C12. The van der Waals surface area contributed by atoms with Gasteiger partial charge in [-0.25, -0.2) is 9.98 Å². The van der Waals surface area contributed by atoms with Gasteiger partial charge < -0.3 is 0 Å². The monoisotopic (exact) mass is 122 g/mol. The zero-order valence-electron chi connectivity index (χ0n) is 4.78. The van der Waals surface area contributed by atoms with Crippen LogP contribution in [-0.4, -0.2) is 31.1 Å². The summed E-state index contributed by atoms with van der Waals surface area (Å²) < 4.78 is 0. The largest absolute Gasteiger partial charge is 0.276 e. The van der Waals surface area contributed by atoms with Crippen LogP contribution in [0.3, 0.4) is 0 Å². The molecule has 0 aliphatic carbocycles. The first-order valence-corrected chi connectivity index (χ1v) is 2.79. The van der Waals surface area contributed by atoms with E-state index in [-0.39, 0.29) is 6.17 Å². The average molecular weight is 122 g/mol. The molecule has 0 aromatic heterocycles. The summed E-state index contributed by atoms with van der Waals surface area (Å²) in [4.78, 5) is 12.0. The highest BCUT2D eigenvalue weighted by Gasteiger charge is 2.17. The zero-order chi connectivity index (χ0) is 6.10. The minimum absolute atomic E-state index is 0.0856. The Morgan fingerprint density at radius 1 is 1.67 bits per heavy atom. The first-order valence-electron chi connectivity index (χ1n) is 2.79. The van der Waals surface area contributed by atoms with Crippen molar-refractivity contribution >= 4 is 18.3 Å². The molecule has 2 aliphatic heterocycles. The van der Waals surface area contributed by atoms with Gasteiger partial charge in [-0.2, -0.15) is 0 Å². The number of hydrogen-bond donors (Lipinski definition) is 1. The molecular formula is C5H6N4. The molecule has 2 rings (SSSR count). The van der Waals surface area contributed by atoms with Gasteiger partial charge in [0.2, 0.25) is 0 Å². The number of hydrogen-bond acceptors (Lipinski definition) is 4. The molecule has 1 atom stereocenters. The number of nitrogens with zero attached hydrogens (tertiary/aromatic N) is 3. The Hall–Kier alpha value is -1.03. The molecule has 0 fully saturated rings. The summed E-state index contributed by atoms with van der Waals surface area (Å²) in [6.07, 6.45) is 3.40. The summed E-state index contributed by atoms with van der Waals surface area (Å²) in [7, 11) is 0. The van der Waals surface area contributed by atoms with Crippen LogP contribution in [0, 0.1) is 0 Å². The molecule has 0 saturated heterocycles. The lowest BCUT2D eigenvalue weighted by Gasteiger charge is -2.11. The summed E-state index contributed by atoms with van der Waals surface area (Å²) >= 11 is 0. The van der Waals surface area contributed by atoms with Gasteiger partial charge in [-0.1, -0.05) is 0 Å². The van der Waals surface area contributed by atoms with Gasteiger partial charge >= 0.3 is 0 Å². The minimum Gasteiger partial charge on any atom is -0.276 e. The summed E-state index contributed by atoms with van der Waals surface area (Å²) in [6.45, 7) is 0.654. The fraction of sp³-hybridized carbons (Fsp3) is 0.400. The second-order valence-corrected chi connectivity index (χ2v) is 1.89. The van der Waals surface area contributed by atoms with Crippen LogP contribution >= 0.6 is 0 Å². The Morgan fingerprint density at radius 2 is 2.67 bits per heavy atom. The Balaban J connectivity index is 2.31. The van der Waals surface area contributed by atoms with Crippen molar-refractivity contribution < 1.29 is 0 Å². The third-order valence-corrected chi connectivity index (χ3v) is 1.30. The van der Waals surface area contributed by atoms with Gasteiger partial charge in [0.15, 0.2) is 0 Å². The fourth-order valence-corrected chi connectivity index (χ4v) is 0.853. The molecule has 0 spiro atoms. The van der Waals surface area contributed by atoms with E-state index >= 15 is 0 Å². The van der Waals surface area contributed by atoms with Crippen molar-refractivity contribution in [3.63, 3.8) is 0 Å². The lowest BCUT2D eigenvalue weighted by atomic mass is 10.3. The Kier molecular flexibility index (Phi) is 0.927. The topological polar surface area (TPSA) is 49.1 Å². The lowest BCUT2D eigenvalue weighted by molar-refractivity contribution is 0.658. The molecule has 0 bridgehead atoms. The smallest absolute Gasteiger partial charge is 0.147 e. The Morgan fingerprint density at radius 3 is 3.56 bits per heavy atom. The molecule has 4 nitrogen and oxygen atoms in total. The van der Waals surface area contributed by atoms with E-state index in [1.54, 1.807) is 12.6 Å². The number of nitrogens with one attached hydrogen (secondary N) is 1. The highest BCUT2D eigenvalue weighted by Crippen LogP contribution is 1.99. The maximum Gasteiger partial charge on any atom is 0.147 e. The maximum atomic E-state index is 4.03. The predicted octanol–water partition coefficient (Wildman–Crippen LogP) is -0.573. The van der Waals surface area contributed by atoms with E-state index in [2.05, 4.69) is 20.3 Å². The Bertz CT molecular complexity index is 203. The molecule has 46 valence electrons. The van der Waals surface area contributed by atoms with Crippen LogP contribution in [0.1, 0.15) is 0 Å². The van der Waals surface area contributed by atoms with E-state index in [0.29, 0.717) is 6.67 Å². The highest BCUT2D eigenvalue weighted by atomic mass is 15.2. The number of fused-ring (bicyclic) bond motifs is 1. The second kappa shape index (κ2) is 1.73. The first-order chi connectivity index (χ1) is 4.47. The zero-order valence-corrected chi connectivity index (χ0v) is 4.78. The van der Waals surface area contributed by atoms with Crippen molar-refractivity contribution in [2.45, 2.75) is 6.17 Å². The molecule has 1 unspecified atom stereocenters. The first kappa shape index (κ1) is 4.81. The van der Waals surface area contributed by atoms with Crippen LogP contribution in [0.15, 0.2) is 15.0 Å². The van der Waals surface area contributed by atoms with Crippen molar-refractivity contribution in [1.82, 2.24) is 5.32 Å². The van der Waals surface area contributed by atoms with Crippen LogP contribution in [-0.2, 0) is 0 Å².